The summed E-state index contributed by atoms with van der Waals surface area (Å²) in [6, 6.07) is 0. The molecule has 0 rings (SSSR count). The van der Waals surface area contributed by atoms with Crippen molar-refractivity contribution in [3.05, 3.63) is 170 Å². The fraction of sp³-hybridized carbons (Fsp3) is 0.659. The highest BCUT2D eigenvalue weighted by Crippen LogP contribution is 2.45. The summed E-state index contributed by atoms with van der Waals surface area (Å²) < 4.78 is 61.3. The Kier molecular flexibility index (Phi) is 78.5. The number of phosphoric acid groups is 2. The van der Waals surface area contributed by atoms with E-state index in [1.165, 1.54) is 109 Å². The van der Waals surface area contributed by atoms with Gasteiger partial charge in [0.2, 0.25) is 0 Å². The van der Waals surface area contributed by atoms with Crippen LogP contribution in [0.4, 0.5) is 0 Å². The van der Waals surface area contributed by atoms with Gasteiger partial charge in [-0.25, -0.2) is 9.13 Å². The van der Waals surface area contributed by atoms with Crippen LogP contribution in [0, 0.1) is 0 Å². The van der Waals surface area contributed by atoms with Crippen molar-refractivity contribution in [2.24, 2.45) is 0 Å². The van der Waals surface area contributed by atoms with Gasteiger partial charge >= 0.3 is 33.6 Å². The fourth-order valence-corrected chi connectivity index (χ4v) is 12.6. The van der Waals surface area contributed by atoms with Crippen molar-refractivity contribution in [2.45, 2.75) is 347 Å². The molecule has 0 saturated carbocycles. The van der Waals surface area contributed by atoms with E-state index in [0.29, 0.717) is 19.3 Å². The number of aliphatic hydroxyl groups is 2. The van der Waals surface area contributed by atoms with Gasteiger partial charge in [0.25, 0.3) is 0 Å². The number of phosphoric ester groups is 2. The minimum atomic E-state index is -4.95. The molecule has 0 bridgehead atoms. The van der Waals surface area contributed by atoms with Crippen LogP contribution >= 0.6 is 15.6 Å². The lowest BCUT2D eigenvalue weighted by Gasteiger charge is -2.21. The maximum Gasteiger partial charge on any atom is 0.472 e. The third-order valence-electron chi connectivity index (χ3n) is 17.4. The van der Waals surface area contributed by atoms with E-state index in [9.17, 15) is 43.5 Å². The van der Waals surface area contributed by atoms with Crippen molar-refractivity contribution >= 4 is 33.6 Å². The molecule has 0 heterocycles. The van der Waals surface area contributed by atoms with E-state index in [-0.39, 0.29) is 19.3 Å². The predicted molar refractivity (Wildman–Crippen MR) is 454 cm³/mol. The molecule has 18 heteroatoms. The Morgan fingerprint density at radius 1 is 0.266 bits per heavy atom. The van der Waals surface area contributed by atoms with E-state index < -0.39 is 91.5 Å². The highest BCUT2D eigenvalue weighted by Gasteiger charge is 2.29. The number of hydrogen-bond donors (Lipinski definition) is 4. The molecule has 622 valence electrons. The molecule has 5 atom stereocenters. The molecule has 0 amide bonds. The molecule has 0 spiro atoms. The summed E-state index contributed by atoms with van der Waals surface area (Å²) in [6.45, 7) is 2.39. The Morgan fingerprint density at radius 2 is 0.486 bits per heavy atom. The minimum Gasteiger partial charge on any atom is -0.463 e. The molecule has 0 aliphatic rings. The third kappa shape index (κ3) is 83.7. The molecule has 5 unspecified atom stereocenters. The van der Waals surface area contributed by atoms with E-state index in [1.807, 2.05) is 0 Å². The van der Waals surface area contributed by atoms with E-state index in [4.69, 9.17) is 32.3 Å². The second kappa shape index (κ2) is 82.4. The van der Waals surface area contributed by atoms with Gasteiger partial charge in [-0.2, -0.15) is 0 Å². The lowest BCUT2D eigenvalue weighted by Crippen LogP contribution is -2.30. The Morgan fingerprint density at radius 3 is 0.780 bits per heavy atom. The van der Waals surface area contributed by atoms with Crippen LogP contribution < -0.4 is 0 Å². The molecule has 109 heavy (non-hydrogen) atoms. The first-order valence-corrected chi connectivity index (χ1v) is 45.4. The van der Waals surface area contributed by atoms with Crippen LogP contribution in [-0.4, -0.2) is 95.9 Å². The van der Waals surface area contributed by atoms with E-state index in [0.717, 1.165) is 161 Å². The minimum absolute atomic E-state index is 0.0589. The first-order valence-electron chi connectivity index (χ1n) is 42.4. The number of unbranched alkanes of at least 4 members (excludes halogenated alkanes) is 28. The van der Waals surface area contributed by atoms with E-state index in [1.54, 1.807) is 0 Å². The highest BCUT2D eigenvalue weighted by molar-refractivity contribution is 7.47. The molecule has 4 N–H and O–H groups in total. The number of ether oxygens (including phenoxy) is 3. The Labute approximate surface area is 662 Å². The molecule has 0 aliphatic heterocycles. The number of carbonyl (C=O) groups excluding carboxylic acids is 3. The summed E-state index contributed by atoms with van der Waals surface area (Å²) >= 11 is 0. The van der Waals surface area contributed by atoms with Gasteiger partial charge in [-0.1, -0.05) is 326 Å². The molecule has 0 fully saturated rings. The number of allylic oxidation sites excluding steroid dienone is 28. The van der Waals surface area contributed by atoms with Crippen molar-refractivity contribution in [1.82, 2.24) is 0 Å². The second-order valence-electron chi connectivity index (χ2n) is 27.9. The molecule has 0 aromatic carbocycles. The normalized spacial score (nSPS) is 14.7. The average Bonchev–Trinajstić information content (AvgIpc) is 0.902. The number of carbonyl (C=O) groups is 3. The van der Waals surface area contributed by atoms with Gasteiger partial charge in [0.15, 0.2) is 6.10 Å². The zero-order chi connectivity index (χ0) is 79.4. The van der Waals surface area contributed by atoms with Crippen LogP contribution in [-0.2, 0) is 55.8 Å². The van der Waals surface area contributed by atoms with Gasteiger partial charge in [-0.15, -0.1) is 0 Å². The number of rotatable bonds is 79. The second-order valence-corrected chi connectivity index (χ2v) is 30.8. The van der Waals surface area contributed by atoms with Crippen molar-refractivity contribution in [3.63, 3.8) is 0 Å². The molecule has 16 nitrogen and oxygen atoms in total. The van der Waals surface area contributed by atoms with Crippen molar-refractivity contribution < 1.29 is 75.8 Å². The lowest BCUT2D eigenvalue weighted by atomic mass is 10.0. The highest BCUT2D eigenvalue weighted by atomic mass is 31.2. The summed E-state index contributed by atoms with van der Waals surface area (Å²) in [6.07, 6.45) is 105. The van der Waals surface area contributed by atoms with E-state index in [2.05, 4.69) is 191 Å². The molecule has 0 aromatic rings. The van der Waals surface area contributed by atoms with Crippen LogP contribution in [0.1, 0.15) is 329 Å². The third-order valence-corrected chi connectivity index (χ3v) is 19.3. The average molecular weight is 1560 g/mol. The topological polar surface area (TPSA) is 231 Å². The van der Waals surface area contributed by atoms with Crippen LogP contribution in [0.25, 0.3) is 0 Å². The molecule has 0 aliphatic carbocycles. The maximum absolute atomic E-state index is 13.0. The number of aliphatic hydroxyl groups excluding tert-OH is 2. The summed E-state index contributed by atoms with van der Waals surface area (Å²) in [7, 11) is -9.82. The summed E-state index contributed by atoms with van der Waals surface area (Å²) in [5.41, 5.74) is 0. The summed E-state index contributed by atoms with van der Waals surface area (Å²) in [4.78, 5) is 58.8. The molecular weight excluding hydrogens is 1410 g/mol. The smallest absolute Gasteiger partial charge is 0.463 e. The van der Waals surface area contributed by atoms with Crippen molar-refractivity contribution in [2.75, 3.05) is 39.6 Å². The SMILES string of the molecule is CC/C=C\C/C=C\C/C=C\C/C=C\C/C=C\CCCCCCCCCCCCCCCC(=O)OCC(O)COP(=O)(O)OCC(O)COP(=O)(O)OCC(COC(=O)CCCCCCCCCCC/C=C\C/C=C\C/C=C\C/C=C\CCCCC)OC(=O)CCCCC/C=C\C/C=C\C/C=C\C/C=C\C/C=C\CC. The molecule has 0 saturated heterocycles. The number of hydrogen-bond acceptors (Lipinski definition) is 14. The van der Waals surface area contributed by atoms with Crippen LogP contribution in [0.5, 0.6) is 0 Å². The first-order chi connectivity index (χ1) is 53.2. The van der Waals surface area contributed by atoms with Crippen molar-refractivity contribution in [1.29, 1.82) is 0 Å². The van der Waals surface area contributed by atoms with Gasteiger partial charge in [0, 0.05) is 19.3 Å². The number of esters is 3. The first kappa shape index (κ1) is 104. The van der Waals surface area contributed by atoms with Crippen LogP contribution in [0.15, 0.2) is 170 Å². The van der Waals surface area contributed by atoms with Crippen LogP contribution in [0.3, 0.4) is 0 Å². The van der Waals surface area contributed by atoms with Crippen molar-refractivity contribution in [3.8, 4) is 0 Å². The standard InChI is InChI=1S/C91H152O16P2/c1-4-7-10-13-16-19-22-25-28-31-34-36-38-40-41-42-43-45-47-48-51-53-56-59-62-65-68-71-74-77-89(94)101-80-86(92)81-103-108(97,98)104-82-87(93)83-105-109(99,100)106-85-88(107-91(96)79-76-73-70-67-64-61-58-55-50-33-30-27-24-21-18-15-12-9-6-3)84-102-90(95)78-75-72-69-66-63-60-57-54-52-49-46-44-39-37-35-32-29-26-23-20-17-14-11-8-5-2/h7,9-10,12,16-21,25-30,34-37,40-41,44,46,50,55,61,64,86-88,92-93H,4-6,8,11,13-15,22-24,31-33,38-39,42-43,45,47-49,51-54,56-60,62-63,65-85H2,1-3H3,(H,97,98)(H,99,100)/b10-7-,12-9-,19-16-,20-17-,21-18-,28-25-,29-26-,30-27-,36-34-,37-35-,41-40-,46-44-,55-50-,64-61-. The molecule has 0 aromatic heterocycles. The Bertz CT molecular complexity index is 2660. The maximum atomic E-state index is 13.0. The monoisotopic (exact) mass is 1560 g/mol. The fourth-order valence-electron chi connectivity index (χ4n) is 11.0. The summed E-state index contributed by atoms with van der Waals surface area (Å²) in [5, 5.41) is 20.7. The van der Waals surface area contributed by atoms with E-state index >= 15 is 0 Å². The van der Waals surface area contributed by atoms with Gasteiger partial charge in [0.1, 0.15) is 25.4 Å². The summed E-state index contributed by atoms with van der Waals surface area (Å²) in [5.74, 6) is -1.62. The van der Waals surface area contributed by atoms with Gasteiger partial charge in [0.05, 0.1) is 26.4 Å². The van der Waals surface area contributed by atoms with Gasteiger partial charge < -0.3 is 34.2 Å². The lowest BCUT2D eigenvalue weighted by molar-refractivity contribution is -0.161. The Balaban J connectivity index is 4.63. The van der Waals surface area contributed by atoms with Gasteiger partial charge in [-0.3, -0.25) is 32.5 Å². The van der Waals surface area contributed by atoms with Crippen LogP contribution in [0.2, 0.25) is 0 Å². The zero-order valence-corrected chi connectivity index (χ0v) is 70.0. The predicted octanol–water partition coefficient (Wildman–Crippen LogP) is 25.5. The molecule has 0 radical (unpaired) electrons. The Hall–Kier alpha value is -5.09. The van der Waals surface area contributed by atoms with Gasteiger partial charge in [-0.05, 0) is 154 Å². The quantitative estimate of drug-likeness (QED) is 0.0146. The largest absolute Gasteiger partial charge is 0.472 e. The zero-order valence-electron chi connectivity index (χ0n) is 68.2. The molecular formula is C91H152O16P2.